The zero-order chi connectivity index (χ0) is 14.2. The summed E-state index contributed by atoms with van der Waals surface area (Å²) in [5.41, 5.74) is 0. The molecule has 0 aromatic rings. The largest absolute Gasteiger partial charge is 0.481 e. The molecule has 0 aromatic carbocycles. The average molecular weight is 269 g/mol. The number of hydrogen-bond acceptors (Lipinski definition) is 3. The highest BCUT2D eigenvalue weighted by Crippen LogP contribution is 2.26. The lowest BCUT2D eigenvalue weighted by Crippen LogP contribution is -2.59. The second-order valence-electron chi connectivity index (χ2n) is 5.11. The predicted molar refractivity (Wildman–Crippen MR) is 66.5 cm³/mol. The van der Waals surface area contributed by atoms with Crippen LogP contribution in [0, 0.1) is 5.92 Å². The van der Waals surface area contributed by atoms with Crippen molar-refractivity contribution in [3.05, 3.63) is 0 Å². The summed E-state index contributed by atoms with van der Waals surface area (Å²) in [5, 5.41) is 11.8. The van der Waals surface area contributed by atoms with Crippen LogP contribution in [0.2, 0.25) is 0 Å². The van der Waals surface area contributed by atoms with Crippen LogP contribution in [-0.4, -0.2) is 64.5 Å². The van der Waals surface area contributed by atoms with E-state index in [9.17, 15) is 14.4 Å². The predicted octanol–water partition coefficient (Wildman–Crippen LogP) is -0.278. The Morgan fingerprint density at radius 3 is 2.53 bits per heavy atom. The summed E-state index contributed by atoms with van der Waals surface area (Å²) in [6.45, 7) is 4.77. The second kappa shape index (κ2) is 5.07. The summed E-state index contributed by atoms with van der Waals surface area (Å²) >= 11 is 0. The minimum Gasteiger partial charge on any atom is -0.481 e. The number of carbonyl (C=O) groups is 3. The van der Waals surface area contributed by atoms with Crippen molar-refractivity contribution < 1.29 is 19.5 Å². The maximum absolute atomic E-state index is 12.4. The molecule has 7 heteroatoms. The molecule has 0 spiro atoms. The second-order valence-corrected chi connectivity index (χ2v) is 5.11. The molecule has 0 aliphatic carbocycles. The molecule has 3 unspecified atom stereocenters. The fourth-order valence-corrected chi connectivity index (χ4v) is 2.75. The van der Waals surface area contributed by atoms with Gasteiger partial charge in [-0.25, -0.2) is 4.79 Å². The van der Waals surface area contributed by atoms with E-state index in [1.165, 1.54) is 4.90 Å². The quantitative estimate of drug-likeness (QED) is 0.685. The summed E-state index contributed by atoms with van der Waals surface area (Å²) in [7, 11) is 0. The molecule has 2 heterocycles. The monoisotopic (exact) mass is 269 g/mol. The molecule has 2 aliphatic rings. The van der Waals surface area contributed by atoms with Gasteiger partial charge in [0, 0.05) is 25.7 Å². The molecule has 0 aromatic heterocycles. The summed E-state index contributed by atoms with van der Waals surface area (Å²) in [6, 6.07) is -1.07. The van der Waals surface area contributed by atoms with E-state index in [-0.39, 0.29) is 18.0 Å². The Morgan fingerprint density at radius 2 is 1.95 bits per heavy atom. The van der Waals surface area contributed by atoms with Gasteiger partial charge in [-0.15, -0.1) is 0 Å². The number of urea groups is 1. The van der Waals surface area contributed by atoms with Gasteiger partial charge in [-0.2, -0.15) is 0 Å². The smallest absolute Gasteiger partial charge is 0.321 e. The number of carbonyl (C=O) groups excluding carboxylic acids is 2. The molecule has 2 rings (SSSR count). The first-order valence-corrected chi connectivity index (χ1v) is 6.51. The first kappa shape index (κ1) is 13.6. The number of rotatable bonds is 1. The average Bonchev–Trinajstić information content (AvgIpc) is 2.74. The zero-order valence-corrected chi connectivity index (χ0v) is 11.1. The Bertz CT molecular complexity index is 412. The number of amides is 3. The van der Waals surface area contributed by atoms with Crippen LogP contribution in [0.4, 0.5) is 4.79 Å². The molecular formula is C12H19N3O4. The number of nitrogens with zero attached hydrogens (tertiary/aromatic N) is 2. The Morgan fingerprint density at radius 1 is 1.26 bits per heavy atom. The molecule has 0 bridgehead atoms. The first-order valence-electron chi connectivity index (χ1n) is 6.51. The van der Waals surface area contributed by atoms with Gasteiger partial charge < -0.3 is 20.2 Å². The van der Waals surface area contributed by atoms with Crippen LogP contribution in [0.3, 0.4) is 0 Å². The summed E-state index contributed by atoms with van der Waals surface area (Å²) in [4.78, 5) is 38.1. The first-order chi connectivity index (χ1) is 8.93. The van der Waals surface area contributed by atoms with Gasteiger partial charge in [0.05, 0.1) is 5.92 Å². The third-order valence-corrected chi connectivity index (χ3v) is 4.06. The number of nitrogens with one attached hydrogen (secondary N) is 1. The van der Waals surface area contributed by atoms with Gasteiger partial charge in [0.25, 0.3) is 0 Å². The van der Waals surface area contributed by atoms with E-state index in [4.69, 9.17) is 5.11 Å². The van der Waals surface area contributed by atoms with Crippen molar-refractivity contribution in [1.82, 2.24) is 15.1 Å². The van der Waals surface area contributed by atoms with E-state index in [0.29, 0.717) is 26.1 Å². The van der Waals surface area contributed by atoms with Gasteiger partial charge in [-0.05, 0) is 20.3 Å². The van der Waals surface area contributed by atoms with Gasteiger partial charge in [-0.1, -0.05) is 0 Å². The number of hydrogen-bond donors (Lipinski definition) is 2. The highest BCUT2D eigenvalue weighted by molar-refractivity contribution is 5.88. The molecule has 3 atom stereocenters. The third-order valence-electron chi connectivity index (χ3n) is 4.06. The molecular weight excluding hydrogens is 250 g/mol. The lowest BCUT2D eigenvalue weighted by atomic mass is 10.0. The SMILES string of the molecule is CC1C(=O)NCCN1C(=O)N1CCC(C(=O)O)C1C. The summed E-state index contributed by atoms with van der Waals surface area (Å²) in [5.74, 6) is -1.55. The Kier molecular flexibility index (Phi) is 3.64. The minimum atomic E-state index is -0.868. The van der Waals surface area contributed by atoms with Crippen molar-refractivity contribution in [1.29, 1.82) is 0 Å². The van der Waals surface area contributed by atoms with Crippen LogP contribution >= 0.6 is 0 Å². The molecule has 2 saturated heterocycles. The van der Waals surface area contributed by atoms with Crippen LogP contribution < -0.4 is 5.32 Å². The van der Waals surface area contributed by atoms with Crippen molar-refractivity contribution >= 4 is 17.9 Å². The van der Waals surface area contributed by atoms with E-state index >= 15 is 0 Å². The van der Waals surface area contributed by atoms with E-state index in [1.54, 1.807) is 18.7 Å². The number of carboxylic acids is 1. The summed E-state index contributed by atoms with van der Waals surface area (Å²) < 4.78 is 0. The molecule has 0 radical (unpaired) electrons. The lowest BCUT2D eigenvalue weighted by molar-refractivity contribution is -0.142. The topological polar surface area (TPSA) is 90.0 Å². The van der Waals surface area contributed by atoms with E-state index in [2.05, 4.69) is 5.32 Å². The fourth-order valence-electron chi connectivity index (χ4n) is 2.75. The third kappa shape index (κ3) is 2.36. The number of aliphatic carboxylic acids is 1. The Labute approximate surface area is 111 Å². The van der Waals surface area contributed by atoms with Crippen LogP contribution in [0.25, 0.3) is 0 Å². The van der Waals surface area contributed by atoms with Crippen molar-refractivity contribution in [2.24, 2.45) is 5.92 Å². The van der Waals surface area contributed by atoms with E-state index in [1.807, 2.05) is 0 Å². The molecule has 106 valence electrons. The zero-order valence-electron chi connectivity index (χ0n) is 11.1. The lowest BCUT2D eigenvalue weighted by Gasteiger charge is -2.37. The highest BCUT2D eigenvalue weighted by Gasteiger charge is 2.41. The molecule has 7 nitrogen and oxygen atoms in total. The van der Waals surface area contributed by atoms with Crippen molar-refractivity contribution in [2.45, 2.75) is 32.4 Å². The fraction of sp³-hybridized carbons (Fsp3) is 0.750. The van der Waals surface area contributed by atoms with Crippen LogP contribution in [0.5, 0.6) is 0 Å². The number of piperazine rings is 1. The van der Waals surface area contributed by atoms with Gasteiger partial charge in [0.15, 0.2) is 0 Å². The molecule has 2 N–H and O–H groups in total. The van der Waals surface area contributed by atoms with Crippen molar-refractivity contribution in [3.8, 4) is 0 Å². The van der Waals surface area contributed by atoms with Gasteiger partial charge >= 0.3 is 12.0 Å². The maximum Gasteiger partial charge on any atom is 0.321 e. The van der Waals surface area contributed by atoms with E-state index in [0.717, 1.165) is 0 Å². The highest BCUT2D eigenvalue weighted by atomic mass is 16.4. The Balaban J connectivity index is 2.08. The van der Waals surface area contributed by atoms with Crippen LogP contribution in [0.15, 0.2) is 0 Å². The Hall–Kier alpha value is -1.79. The molecule has 19 heavy (non-hydrogen) atoms. The minimum absolute atomic E-state index is 0.166. The van der Waals surface area contributed by atoms with Crippen LogP contribution in [0.1, 0.15) is 20.3 Å². The number of carboxylic acid groups (broad SMARTS) is 1. The van der Waals surface area contributed by atoms with E-state index < -0.39 is 17.9 Å². The molecule has 2 fully saturated rings. The molecule has 3 amide bonds. The summed E-state index contributed by atoms with van der Waals surface area (Å²) in [6.07, 6.45) is 0.469. The maximum atomic E-state index is 12.4. The van der Waals surface area contributed by atoms with Gasteiger partial charge in [-0.3, -0.25) is 9.59 Å². The standard InChI is InChI=1S/C12H19N3O4/c1-7-9(11(17)18)3-5-14(7)12(19)15-6-4-13-10(16)8(15)2/h7-9H,3-6H2,1-2H3,(H,13,16)(H,17,18). The van der Waals surface area contributed by atoms with Crippen molar-refractivity contribution in [2.75, 3.05) is 19.6 Å². The number of likely N-dealkylation sites (tertiary alicyclic amines) is 1. The van der Waals surface area contributed by atoms with Crippen molar-refractivity contribution in [3.63, 3.8) is 0 Å². The van der Waals surface area contributed by atoms with Gasteiger partial charge in [0.2, 0.25) is 5.91 Å². The molecule has 2 aliphatic heterocycles. The molecule has 0 saturated carbocycles. The van der Waals surface area contributed by atoms with Gasteiger partial charge in [0.1, 0.15) is 6.04 Å². The van der Waals surface area contributed by atoms with Crippen LogP contribution in [-0.2, 0) is 9.59 Å². The normalized spacial score (nSPS) is 31.3.